The molecule has 1 N–H and O–H groups in total. The van der Waals surface area contributed by atoms with E-state index < -0.39 is 11.9 Å². The molecule has 0 aliphatic rings. The highest BCUT2D eigenvalue weighted by atomic mass is 35.5. The van der Waals surface area contributed by atoms with Crippen LogP contribution in [0.5, 0.6) is 17.2 Å². The van der Waals surface area contributed by atoms with Gasteiger partial charge < -0.3 is 14.2 Å². The summed E-state index contributed by atoms with van der Waals surface area (Å²) in [5.74, 6) is 0.191. The molecule has 0 aliphatic heterocycles. The van der Waals surface area contributed by atoms with Crippen molar-refractivity contribution in [3.05, 3.63) is 100 Å². The number of hydrogen-bond acceptors (Lipinski definition) is 6. The molecule has 0 aliphatic carbocycles. The number of ether oxygens (including phenoxy) is 3. The van der Waals surface area contributed by atoms with Crippen molar-refractivity contribution in [1.82, 2.24) is 5.43 Å². The number of hydrazone groups is 1. The van der Waals surface area contributed by atoms with Crippen molar-refractivity contribution in [2.24, 2.45) is 5.10 Å². The van der Waals surface area contributed by atoms with Gasteiger partial charge in [-0.25, -0.2) is 10.2 Å². The maximum atomic E-state index is 12.7. The molecule has 0 saturated carbocycles. The number of nitrogens with zero attached hydrogens (tertiary/aromatic N) is 1. The molecule has 0 atom stereocenters. The average Bonchev–Trinajstić information content (AvgIpc) is 2.89. The van der Waals surface area contributed by atoms with Gasteiger partial charge in [0.1, 0.15) is 17.2 Å². The van der Waals surface area contributed by atoms with E-state index in [9.17, 15) is 9.59 Å². The van der Waals surface area contributed by atoms with Crippen LogP contribution in [0.4, 0.5) is 0 Å². The molecule has 4 rings (SSSR count). The molecular formula is C27H20Cl2N2O5. The number of amides is 1. The smallest absolute Gasteiger partial charge is 0.343 e. The molecule has 0 saturated heterocycles. The van der Waals surface area contributed by atoms with Gasteiger partial charge in [0.25, 0.3) is 5.91 Å². The Morgan fingerprint density at radius 3 is 2.44 bits per heavy atom. The van der Waals surface area contributed by atoms with E-state index in [-0.39, 0.29) is 17.4 Å². The van der Waals surface area contributed by atoms with Crippen molar-refractivity contribution in [2.75, 3.05) is 13.7 Å². The monoisotopic (exact) mass is 522 g/mol. The normalized spacial score (nSPS) is 10.9. The number of hydrogen-bond donors (Lipinski definition) is 1. The van der Waals surface area contributed by atoms with E-state index in [4.69, 9.17) is 37.4 Å². The van der Waals surface area contributed by atoms with Gasteiger partial charge in [-0.15, -0.1) is 0 Å². The minimum atomic E-state index is -0.542. The Labute approximate surface area is 217 Å². The lowest BCUT2D eigenvalue weighted by Crippen LogP contribution is -2.24. The summed E-state index contributed by atoms with van der Waals surface area (Å²) in [6.45, 7) is -0.312. The number of carbonyl (C=O) groups is 2. The summed E-state index contributed by atoms with van der Waals surface area (Å²) in [5, 5.41) is 6.49. The van der Waals surface area contributed by atoms with Crippen LogP contribution in [0.15, 0.2) is 84.0 Å². The van der Waals surface area contributed by atoms with Crippen molar-refractivity contribution in [2.45, 2.75) is 0 Å². The number of carbonyl (C=O) groups excluding carboxylic acids is 2. The molecule has 0 heterocycles. The predicted molar refractivity (Wildman–Crippen MR) is 140 cm³/mol. The Morgan fingerprint density at radius 1 is 0.944 bits per heavy atom. The summed E-state index contributed by atoms with van der Waals surface area (Å²) in [4.78, 5) is 25.0. The fourth-order valence-corrected chi connectivity index (χ4v) is 3.78. The van der Waals surface area contributed by atoms with Gasteiger partial charge in [0.15, 0.2) is 6.61 Å². The zero-order valence-electron chi connectivity index (χ0n) is 19.0. The molecule has 0 bridgehead atoms. The van der Waals surface area contributed by atoms with Gasteiger partial charge in [0, 0.05) is 10.6 Å². The Morgan fingerprint density at radius 2 is 1.69 bits per heavy atom. The summed E-state index contributed by atoms with van der Waals surface area (Å²) in [7, 11) is 1.55. The first-order valence-electron chi connectivity index (χ1n) is 10.7. The van der Waals surface area contributed by atoms with E-state index in [2.05, 4.69) is 10.5 Å². The highest BCUT2D eigenvalue weighted by molar-refractivity contribution is 6.35. The van der Waals surface area contributed by atoms with Gasteiger partial charge in [-0.1, -0.05) is 53.5 Å². The van der Waals surface area contributed by atoms with Gasteiger partial charge in [-0.3, -0.25) is 4.79 Å². The van der Waals surface area contributed by atoms with Crippen LogP contribution in [0.25, 0.3) is 10.8 Å². The second-order valence-corrected chi connectivity index (χ2v) is 8.32. The number of methoxy groups -OCH3 is 1. The van der Waals surface area contributed by atoms with Gasteiger partial charge in [0.2, 0.25) is 0 Å². The molecule has 0 unspecified atom stereocenters. The van der Waals surface area contributed by atoms with Gasteiger partial charge >= 0.3 is 5.97 Å². The largest absolute Gasteiger partial charge is 0.497 e. The molecule has 0 aromatic heterocycles. The summed E-state index contributed by atoms with van der Waals surface area (Å²) >= 11 is 11.9. The van der Waals surface area contributed by atoms with Crippen LogP contribution in [-0.4, -0.2) is 31.8 Å². The highest BCUT2D eigenvalue weighted by Crippen LogP contribution is 2.28. The predicted octanol–water partition coefficient (Wildman–Crippen LogP) is 5.90. The molecular weight excluding hydrogens is 503 g/mol. The number of nitrogens with one attached hydrogen (secondary N) is 1. The third-order valence-electron chi connectivity index (χ3n) is 5.09. The molecule has 0 radical (unpaired) electrons. The zero-order valence-corrected chi connectivity index (χ0v) is 20.5. The number of rotatable bonds is 8. The summed E-state index contributed by atoms with van der Waals surface area (Å²) < 4.78 is 16.2. The van der Waals surface area contributed by atoms with Crippen molar-refractivity contribution in [3.8, 4) is 17.2 Å². The maximum Gasteiger partial charge on any atom is 0.343 e. The Hall–Kier alpha value is -4.07. The van der Waals surface area contributed by atoms with Gasteiger partial charge in [-0.05, 0) is 59.3 Å². The quantitative estimate of drug-likeness (QED) is 0.135. The molecule has 7 nitrogen and oxygen atoms in total. The molecule has 36 heavy (non-hydrogen) atoms. The first-order chi connectivity index (χ1) is 17.4. The van der Waals surface area contributed by atoms with Crippen LogP contribution in [0.1, 0.15) is 15.9 Å². The lowest BCUT2D eigenvalue weighted by atomic mass is 10.0. The number of esters is 1. The van der Waals surface area contributed by atoms with Crippen molar-refractivity contribution >= 4 is 52.1 Å². The fourth-order valence-electron chi connectivity index (χ4n) is 3.32. The van der Waals surface area contributed by atoms with E-state index in [0.717, 1.165) is 10.8 Å². The number of halogens is 2. The van der Waals surface area contributed by atoms with Crippen LogP contribution in [-0.2, 0) is 4.79 Å². The zero-order chi connectivity index (χ0) is 25.5. The topological polar surface area (TPSA) is 86.2 Å². The van der Waals surface area contributed by atoms with E-state index >= 15 is 0 Å². The molecule has 0 spiro atoms. The summed E-state index contributed by atoms with van der Waals surface area (Å²) in [5.41, 5.74) is 3.29. The second kappa shape index (κ2) is 11.6. The SMILES string of the molecule is COc1ccc(C(=O)Oc2ccc3ccccc3c2/C=N\NC(=O)COc2ccc(Cl)cc2Cl)cc1. The van der Waals surface area contributed by atoms with Crippen LogP contribution in [0.2, 0.25) is 10.0 Å². The summed E-state index contributed by atoms with van der Waals surface area (Å²) in [6, 6.07) is 22.3. The van der Waals surface area contributed by atoms with Gasteiger partial charge in [-0.2, -0.15) is 5.10 Å². The summed E-state index contributed by atoms with van der Waals surface area (Å²) in [6.07, 6.45) is 1.42. The van der Waals surface area contributed by atoms with E-state index in [1.807, 2.05) is 30.3 Å². The minimum absolute atomic E-state index is 0.289. The van der Waals surface area contributed by atoms with E-state index in [1.165, 1.54) is 12.3 Å². The highest BCUT2D eigenvalue weighted by Gasteiger charge is 2.14. The lowest BCUT2D eigenvalue weighted by Gasteiger charge is -2.11. The molecule has 4 aromatic rings. The molecule has 4 aromatic carbocycles. The lowest BCUT2D eigenvalue weighted by molar-refractivity contribution is -0.123. The third kappa shape index (κ3) is 6.13. The Balaban J connectivity index is 1.49. The average molecular weight is 523 g/mol. The van der Waals surface area contributed by atoms with Crippen LogP contribution in [0, 0.1) is 0 Å². The molecule has 0 fully saturated rings. The molecule has 182 valence electrons. The number of fused-ring (bicyclic) bond motifs is 1. The van der Waals surface area contributed by atoms with Crippen LogP contribution < -0.4 is 19.6 Å². The Bertz CT molecular complexity index is 1440. The van der Waals surface area contributed by atoms with Crippen LogP contribution in [0.3, 0.4) is 0 Å². The molecule has 9 heteroatoms. The maximum absolute atomic E-state index is 12.7. The Kier molecular flexibility index (Phi) is 8.05. The van der Waals surface area contributed by atoms with Crippen molar-refractivity contribution in [3.63, 3.8) is 0 Å². The first kappa shape index (κ1) is 25.0. The van der Waals surface area contributed by atoms with Crippen molar-refractivity contribution in [1.29, 1.82) is 0 Å². The first-order valence-corrected chi connectivity index (χ1v) is 11.5. The third-order valence-corrected chi connectivity index (χ3v) is 5.63. The van der Waals surface area contributed by atoms with Crippen LogP contribution >= 0.6 is 23.2 Å². The number of benzene rings is 4. The second-order valence-electron chi connectivity index (χ2n) is 7.47. The van der Waals surface area contributed by atoms with Crippen molar-refractivity contribution < 1.29 is 23.8 Å². The molecule has 1 amide bonds. The fraction of sp³-hybridized carbons (Fsp3) is 0.0741. The van der Waals surface area contributed by atoms with E-state index in [1.54, 1.807) is 49.6 Å². The van der Waals surface area contributed by atoms with Gasteiger partial charge in [0.05, 0.1) is 23.9 Å². The van der Waals surface area contributed by atoms with E-state index in [0.29, 0.717) is 27.6 Å². The standard InChI is InChI=1S/C27H20Cl2N2O5/c1-34-20-10-6-18(7-11-20)27(33)36-24-12-8-17-4-2-3-5-21(17)22(24)15-30-31-26(32)16-35-25-13-9-19(28)14-23(25)29/h2-15H,16H2,1H3,(H,31,32)/b30-15-. The minimum Gasteiger partial charge on any atom is -0.497 e.